The predicted molar refractivity (Wildman–Crippen MR) is 71.6 cm³/mol. The highest BCUT2D eigenvalue weighted by Gasteiger charge is 2.28. The van der Waals surface area contributed by atoms with Gasteiger partial charge >= 0.3 is 0 Å². The maximum Gasteiger partial charge on any atom is 0.164 e. The number of hydrogen-bond acceptors (Lipinski definition) is 3. The van der Waals surface area contributed by atoms with Crippen LogP contribution in [0.15, 0.2) is 18.2 Å². The minimum atomic E-state index is -0.741. The summed E-state index contributed by atoms with van der Waals surface area (Å²) in [5.41, 5.74) is -0.655. The molecule has 1 saturated heterocycles. The molecule has 0 radical (unpaired) electrons. The number of carbonyl (C=O) groups excluding carboxylic acids is 1. The zero-order chi connectivity index (χ0) is 14.8. The van der Waals surface area contributed by atoms with Crippen LogP contribution in [0.25, 0.3) is 0 Å². The molecule has 1 unspecified atom stereocenters. The molecular formula is C15H19F2NO2. The smallest absolute Gasteiger partial charge is 0.164 e. The highest BCUT2D eigenvalue weighted by molar-refractivity contribution is 5.96. The van der Waals surface area contributed by atoms with E-state index in [2.05, 4.69) is 0 Å². The summed E-state index contributed by atoms with van der Waals surface area (Å²) in [7, 11) is 0. The Labute approximate surface area is 117 Å². The summed E-state index contributed by atoms with van der Waals surface area (Å²) in [5.74, 6) is -1.77. The van der Waals surface area contributed by atoms with Gasteiger partial charge in [0.05, 0.1) is 5.60 Å². The summed E-state index contributed by atoms with van der Waals surface area (Å²) in [6.07, 6.45) is 1.83. The Hall–Kier alpha value is -1.33. The van der Waals surface area contributed by atoms with E-state index in [0.717, 1.165) is 37.6 Å². The second-order valence-electron chi connectivity index (χ2n) is 5.71. The lowest BCUT2D eigenvalue weighted by atomic mass is 9.95. The second kappa shape index (κ2) is 5.97. The fourth-order valence-corrected chi connectivity index (χ4v) is 2.63. The molecule has 0 aliphatic carbocycles. The van der Waals surface area contributed by atoms with Gasteiger partial charge in [-0.25, -0.2) is 8.78 Å². The lowest BCUT2D eigenvalue weighted by molar-refractivity contribution is -0.0153. The van der Waals surface area contributed by atoms with Crippen LogP contribution in [0.2, 0.25) is 0 Å². The number of nitrogens with zero attached hydrogens (tertiary/aromatic N) is 1. The summed E-state index contributed by atoms with van der Waals surface area (Å²) in [5, 5.41) is 9.97. The number of β-amino-alcohol motifs (C(OH)–C–C–N with tert-alkyl or cyclic N) is 1. The molecule has 2 rings (SSSR count). The van der Waals surface area contributed by atoms with E-state index < -0.39 is 17.2 Å². The molecular weight excluding hydrogens is 264 g/mol. The lowest BCUT2D eigenvalue weighted by Gasteiger charge is -2.36. The summed E-state index contributed by atoms with van der Waals surface area (Å²) in [6.45, 7) is 3.63. The molecule has 1 aliphatic heterocycles. The first-order valence-corrected chi connectivity index (χ1v) is 6.80. The fraction of sp³-hybridized carbons (Fsp3) is 0.533. The Morgan fingerprint density at radius 3 is 2.60 bits per heavy atom. The number of rotatable bonds is 4. The van der Waals surface area contributed by atoms with Gasteiger partial charge in [-0.1, -0.05) is 0 Å². The van der Waals surface area contributed by atoms with E-state index in [1.54, 1.807) is 6.92 Å². The molecule has 1 aromatic carbocycles. The van der Waals surface area contributed by atoms with Gasteiger partial charge in [-0.15, -0.1) is 0 Å². The minimum absolute atomic E-state index is 0.0614. The second-order valence-corrected chi connectivity index (χ2v) is 5.71. The number of hydrogen-bond donors (Lipinski definition) is 1. The van der Waals surface area contributed by atoms with Crippen LogP contribution in [-0.4, -0.2) is 41.0 Å². The summed E-state index contributed by atoms with van der Waals surface area (Å²) in [4.78, 5) is 13.9. The first kappa shape index (κ1) is 15.1. The largest absolute Gasteiger partial charge is 0.389 e. The van der Waals surface area contributed by atoms with E-state index >= 15 is 0 Å². The Balaban J connectivity index is 1.92. The minimum Gasteiger partial charge on any atom is -0.389 e. The number of aliphatic hydroxyl groups is 1. The van der Waals surface area contributed by atoms with Gasteiger partial charge in [0.2, 0.25) is 0 Å². The van der Waals surface area contributed by atoms with Gasteiger partial charge in [0.15, 0.2) is 5.78 Å². The monoisotopic (exact) mass is 283 g/mol. The SMILES string of the molecule is CC1(O)CCCN(CCC(=O)c2cc(F)cc(F)c2)C1. The molecule has 0 aromatic heterocycles. The van der Waals surface area contributed by atoms with Crippen molar-refractivity contribution in [1.29, 1.82) is 0 Å². The van der Waals surface area contributed by atoms with Crippen LogP contribution in [0.3, 0.4) is 0 Å². The van der Waals surface area contributed by atoms with Gasteiger partial charge in [0.25, 0.3) is 0 Å². The summed E-state index contributed by atoms with van der Waals surface area (Å²) >= 11 is 0. The lowest BCUT2D eigenvalue weighted by Crippen LogP contribution is -2.46. The summed E-state index contributed by atoms with van der Waals surface area (Å²) in [6, 6.07) is 2.86. The van der Waals surface area contributed by atoms with E-state index in [1.807, 2.05) is 4.90 Å². The number of piperidine rings is 1. The number of likely N-dealkylation sites (tertiary alicyclic amines) is 1. The van der Waals surface area contributed by atoms with Crippen molar-refractivity contribution in [2.75, 3.05) is 19.6 Å². The van der Waals surface area contributed by atoms with Gasteiger partial charge in [-0.3, -0.25) is 4.79 Å². The fourth-order valence-electron chi connectivity index (χ4n) is 2.63. The van der Waals surface area contributed by atoms with E-state index in [4.69, 9.17) is 0 Å². The average molecular weight is 283 g/mol. The molecule has 1 atom stereocenters. The maximum absolute atomic E-state index is 13.0. The third-order valence-electron chi connectivity index (χ3n) is 3.59. The number of halogens is 2. The summed E-state index contributed by atoms with van der Waals surface area (Å²) < 4.78 is 26.1. The van der Waals surface area contributed by atoms with Gasteiger partial charge < -0.3 is 10.0 Å². The third-order valence-corrected chi connectivity index (χ3v) is 3.59. The highest BCUT2D eigenvalue weighted by atomic mass is 19.1. The molecule has 0 amide bonds. The van der Waals surface area contributed by atoms with Crippen LogP contribution in [0.1, 0.15) is 36.5 Å². The maximum atomic E-state index is 13.0. The number of ketones is 1. The molecule has 20 heavy (non-hydrogen) atoms. The predicted octanol–water partition coefficient (Wildman–Crippen LogP) is 2.38. The Bertz CT molecular complexity index is 482. The van der Waals surface area contributed by atoms with Crippen LogP contribution in [0.5, 0.6) is 0 Å². The van der Waals surface area contributed by atoms with Gasteiger partial charge in [-0.2, -0.15) is 0 Å². The number of carbonyl (C=O) groups is 1. The van der Waals surface area contributed by atoms with Gasteiger partial charge in [0, 0.05) is 31.1 Å². The topological polar surface area (TPSA) is 40.5 Å². The molecule has 110 valence electrons. The molecule has 0 saturated carbocycles. The molecule has 1 aliphatic rings. The van der Waals surface area contributed by atoms with E-state index in [0.29, 0.717) is 13.1 Å². The number of benzene rings is 1. The average Bonchev–Trinajstić information content (AvgIpc) is 2.33. The van der Waals surface area contributed by atoms with Crippen molar-refractivity contribution in [2.45, 2.75) is 31.8 Å². The van der Waals surface area contributed by atoms with Crippen LogP contribution >= 0.6 is 0 Å². The molecule has 0 spiro atoms. The van der Waals surface area contributed by atoms with Crippen molar-refractivity contribution in [3.63, 3.8) is 0 Å². The Morgan fingerprint density at radius 2 is 2.00 bits per heavy atom. The zero-order valence-electron chi connectivity index (χ0n) is 11.5. The van der Waals surface area contributed by atoms with Crippen molar-refractivity contribution < 1.29 is 18.7 Å². The normalized spacial score (nSPS) is 23.8. The Kier molecular flexibility index (Phi) is 4.50. The molecule has 3 nitrogen and oxygen atoms in total. The van der Waals surface area contributed by atoms with E-state index in [1.165, 1.54) is 0 Å². The van der Waals surface area contributed by atoms with Crippen molar-refractivity contribution in [1.82, 2.24) is 4.90 Å². The van der Waals surface area contributed by atoms with Crippen LogP contribution in [0, 0.1) is 11.6 Å². The molecule has 0 bridgehead atoms. The van der Waals surface area contributed by atoms with E-state index in [-0.39, 0.29) is 17.8 Å². The van der Waals surface area contributed by atoms with Crippen LogP contribution in [-0.2, 0) is 0 Å². The first-order valence-electron chi connectivity index (χ1n) is 6.80. The third kappa shape index (κ3) is 4.08. The molecule has 1 fully saturated rings. The van der Waals surface area contributed by atoms with Gasteiger partial charge in [-0.05, 0) is 38.4 Å². The van der Waals surface area contributed by atoms with Crippen LogP contribution in [0.4, 0.5) is 8.78 Å². The van der Waals surface area contributed by atoms with Crippen molar-refractivity contribution in [2.24, 2.45) is 0 Å². The molecule has 1 heterocycles. The quantitative estimate of drug-likeness (QED) is 0.863. The first-order chi connectivity index (χ1) is 9.35. The number of Topliss-reactive ketones (excluding diaryl/α,β-unsaturated/α-hetero) is 1. The highest BCUT2D eigenvalue weighted by Crippen LogP contribution is 2.20. The van der Waals surface area contributed by atoms with Crippen LogP contribution < -0.4 is 0 Å². The Morgan fingerprint density at radius 1 is 1.35 bits per heavy atom. The standard InChI is InChI=1S/C15H19F2NO2/c1-15(20)4-2-5-18(10-15)6-3-14(19)11-7-12(16)9-13(17)8-11/h7-9,20H,2-6,10H2,1H3. The van der Waals surface area contributed by atoms with Crippen molar-refractivity contribution in [3.05, 3.63) is 35.4 Å². The molecule has 1 N–H and O–H groups in total. The molecule has 1 aromatic rings. The zero-order valence-corrected chi connectivity index (χ0v) is 11.5. The van der Waals surface area contributed by atoms with E-state index in [9.17, 15) is 18.7 Å². The van der Waals surface area contributed by atoms with Crippen molar-refractivity contribution >= 4 is 5.78 Å². The van der Waals surface area contributed by atoms with Gasteiger partial charge in [0.1, 0.15) is 11.6 Å². The molecule has 5 heteroatoms. The van der Waals surface area contributed by atoms with Crippen molar-refractivity contribution in [3.8, 4) is 0 Å².